The maximum atomic E-state index is 11.3. The third kappa shape index (κ3) is 1.83. The smallest absolute Gasteiger partial charge is 0.292 e. The SMILES string of the molecule is CC1(C)C=C(C(=O)N=N)C(C)(C)N1. The fourth-order valence-corrected chi connectivity index (χ4v) is 1.84. The largest absolute Gasteiger partial charge is 0.299 e. The minimum absolute atomic E-state index is 0.195. The van der Waals surface area contributed by atoms with E-state index in [1.165, 1.54) is 0 Å². The second kappa shape index (κ2) is 2.73. The number of amides is 1. The lowest BCUT2D eigenvalue weighted by Gasteiger charge is -2.26. The summed E-state index contributed by atoms with van der Waals surface area (Å²) in [5.74, 6) is -0.455. The molecule has 4 heteroatoms. The van der Waals surface area contributed by atoms with Crippen molar-refractivity contribution in [1.29, 1.82) is 5.53 Å². The van der Waals surface area contributed by atoms with Gasteiger partial charge in [-0.25, -0.2) is 5.53 Å². The summed E-state index contributed by atoms with van der Waals surface area (Å²) in [7, 11) is 0. The van der Waals surface area contributed by atoms with Crippen molar-refractivity contribution >= 4 is 5.91 Å². The number of carbonyl (C=O) groups is 1. The van der Waals surface area contributed by atoms with Crippen LogP contribution in [0, 0.1) is 5.53 Å². The normalized spacial score (nSPS) is 23.8. The summed E-state index contributed by atoms with van der Waals surface area (Å²) >= 11 is 0. The lowest BCUT2D eigenvalue weighted by atomic mass is 9.96. The maximum Gasteiger partial charge on any atom is 0.292 e. The number of nitrogens with zero attached hydrogens (tertiary/aromatic N) is 1. The molecule has 0 bridgehead atoms. The van der Waals surface area contributed by atoms with Crippen molar-refractivity contribution in [3.63, 3.8) is 0 Å². The first-order chi connectivity index (χ1) is 5.78. The Hall–Kier alpha value is -1.03. The van der Waals surface area contributed by atoms with Gasteiger partial charge < -0.3 is 0 Å². The second-order valence-electron chi connectivity index (χ2n) is 4.45. The number of nitrogens with one attached hydrogen (secondary N) is 2. The van der Waals surface area contributed by atoms with Crippen molar-refractivity contribution in [2.45, 2.75) is 38.8 Å². The Balaban J connectivity index is 3.07. The highest BCUT2D eigenvalue weighted by molar-refractivity contribution is 5.96. The Morgan fingerprint density at radius 3 is 2.31 bits per heavy atom. The van der Waals surface area contributed by atoms with Crippen LogP contribution in [0.5, 0.6) is 0 Å². The molecule has 0 aliphatic carbocycles. The van der Waals surface area contributed by atoms with Crippen LogP contribution in [0.1, 0.15) is 27.7 Å². The first-order valence-corrected chi connectivity index (χ1v) is 4.23. The monoisotopic (exact) mass is 181 g/mol. The molecular formula is C9H15N3O. The summed E-state index contributed by atoms with van der Waals surface area (Å²) in [4.78, 5) is 11.3. The van der Waals surface area contributed by atoms with Crippen LogP contribution in [0.3, 0.4) is 0 Å². The number of rotatable bonds is 1. The average molecular weight is 181 g/mol. The predicted octanol–water partition coefficient (Wildman–Crippen LogP) is 1.63. The summed E-state index contributed by atoms with van der Waals surface area (Å²) in [6.45, 7) is 7.80. The second-order valence-corrected chi connectivity index (χ2v) is 4.45. The molecule has 1 aliphatic rings. The van der Waals surface area contributed by atoms with Gasteiger partial charge in [0.05, 0.1) is 0 Å². The van der Waals surface area contributed by atoms with Gasteiger partial charge in [-0.05, 0) is 27.7 Å². The first kappa shape index (κ1) is 10.1. The Bertz CT molecular complexity index is 289. The molecule has 1 aliphatic heterocycles. The van der Waals surface area contributed by atoms with Crippen molar-refractivity contribution in [1.82, 2.24) is 5.32 Å². The minimum atomic E-state index is -0.455. The molecule has 0 saturated carbocycles. The van der Waals surface area contributed by atoms with Crippen molar-refractivity contribution < 1.29 is 4.79 Å². The molecule has 0 unspecified atom stereocenters. The van der Waals surface area contributed by atoms with Crippen LogP contribution in [0.15, 0.2) is 16.8 Å². The highest BCUT2D eigenvalue weighted by Crippen LogP contribution is 2.30. The summed E-state index contributed by atoms with van der Waals surface area (Å²) in [5, 5.41) is 6.21. The van der Waals surface area contributed by atoms with Gasteiger partial charge in [-0.1, -0.05) is 6.08 Å². The third-order valence-electron chi connectivity index (χ3n) is 2.15. The van der Waals surface area contributed by atoms with Crippen LogP contribution >= 0.6 is 0 Å². The molecule has 72 valence electrons. The van der Waals surface area contributed by atoms with Gasteiger partial charge >= 0.3 is 0 Å². The molecule has 0 aromatic rings. The Labute approximate surface area is 77.9 Å². The summed E-state index contributed by atoms with van der Waals surface area (Å²) < 4.78 is 0. The molecule has 4 nitrogen and oxygen atoms in total. The van der Waals surface area contributed by atoms with Gasteiger partial charge in [-0.2, -0.15) is 0 Å². The minimum Gasteiger partial charge on any atom is -0.299 e. The van der Waals surface area contributed by atoms with E-state index in [9.17, 15) is 4.79 Å². The number of carbonyl (C=O) groups excluding carboxylic acids is 1. The van der Waals surface area contributed by atoms with Gasteiger partial charge in [-0.15, -0.1) is 5.11 Å². The zero-order valence-corrected chi connectivity index (χ0v) is 8.43. The highest BCUT2D eigenvalue weighted by Gasteiger charge is 2.39. The van der Waals surface area contributed by atoms with Crippen LogP contribution < -0.4 is 5.32 Å². The first-order valence-electron chi connectivity index (χ1n) is 4.23. The molecule has 0 spiro atoms. The van der Waals surface area contributed by atoms with E-state index >= 15 is 0 Å². The fourth-order valence-electron chi connectivity index (χ4n) is 1.84. The van der Waals surface area contributed by atoms with E-state index in [1.54, 1.807) is 0 Å². The van der Waals surface area contributed by atoms with Gasteiger partial charge in [0.15, 0.2) is 0 Å². The van der Waals surface area contributed by atoms with Gasteiger partial charge in [0, 0.05) is 16.7 Å². The zero-order valence-electron chi connectivity index (χ0n) is 8.43. The van der Waals surface area contributed by atoms with E-state index in [-0.39, 0.29) is 11.1 Å². The molecule has 0 radical (unpaired) electrons. The van der Waals surface area contributed by atoms with Crippen molar-refractivity contribution in [2.24, 2.45) is 5.11 Å². The Kier molecular flexibility index (Phi) is 2.11. The Morgan fingerprint density at radius 2 is 2.00 bits per heavy atom. The van der Waals surface area contributed by atoms with Crippen LogP contribution in [-0.2, 0) is 4.79 Å². The standard InChI is InChI=1S/C9H15N3O/c1-8(2)5-6(7(13)11-10)9(3,4)12-8/h5,10,12H,1-4H3. The van der Waals surface area contributed by atoms with Crippen LogP contribution in [0.4, 0.5) is 0 Å². The molecule has 0 aromatic carbocycles. The van der Waals surface area contributed by atoms with E-state index < -0.39 is 5.91 Å². The van der Waals surface area contributed by atoms with Gasteiger partial charge in [-0.3, -0.25) is 10.1 Å². The van der Waals surface area contributed by atoms with E-state index in [0.717, 1.165) is 0 Å². The molecule has 0 atom stereocenters. The zero-order chi connectivity index (χ0) is 10.3. The fraction of sp³-hybridized carbons (Fsp3) is 0.667. The molecule has 0 aromatic heterocycles. The molecule has 13 heavy (non-hydrogen) atoms. The highest BCUT2D eigenvalue weighted by atomic mass is 16.1. The van der Waals surface area contributed by atoms with Crippen molar-refractivity contribution in [2.75, 3.05) is 0 Å². The molecule has 2 N–H and O–H groups in total. The van der Waals surface area contributed by atoms with Gasteiger partial charge in [0.2, 0.25) is 0 Å². The molecule has 1 rings (SSSR count). The van der Waals surface area contributed by atoms with Crippen molar-refractivity contribution in [3.8, 4) is 0 Å². The summed E-state index contributed by atoms with van der Waals surface area (Å²) in [6, 6.07) is 0. The topological polar surface area (TPSA) is 65.3 Å². The van der Waals surface area contributed by atoms with Gasteiger partial charge in [0.1, 0.15) is 0 Å². The van der Waals surface area contributed by atoms with Crippen molar-refractivity contribution in [3.05, 3.63) is 11.6 Å². The third-order valence-corrected chi connectivity index (χ3v) is 2.15. The van der Waals surface area contributed by atoms with E-state index in [4.69, 9.17) is 5.53 Å². The van der Waals surface area contributed by atoms with Crippen LogP contribution in [0.25, 0.3) is 0 Å². The predicted molar refractivity (Wildman–Crippen MR) is 49.5 cm³/mol. The summed E-state index contributed by atoms with van der Waals surface area (Å²) in [6.07, 6.45) is 1.84. The number of hydrogen-bond acceptors (Lipinski definition) is 3. The number of hydrogen-bond donors (Lipinski definition) is 2. The molecule has 1 heterocycles. The maximum absolute atomic E-state index is 11.3. The van der Waals surface area contributed by atoms with E-state index in [0.29, 0.717) is 5.57 Å². The van der Waals surface area contributed by atoms with Gasteiger partial charge in [0.25, 0.3) is 5.91 Å². The summed E-state index contributed by atoms with van der Waals surface area (Å²) in [5.41, 5.74) is 6.68. The molecule has 0 saturated heterocycles. The average Bonchev–Trinajstić information content (AvgIpc) is 2.17. The van der Waals surface area contributed by atoms with E-state index in [2.05, 4.69) is 10.4 Å². The Morgan fingerprint density at radius 1 is 1.46 bits per heavy atom. The quantitative estimate of drug-likeness (QED) is 0.604. The lowest BCUT2D eigenvalue weighted by Crippen LogP contribution is -2.46. The molecule has 0 fully saturated rings. The molecule has 1 amide bonds. The van der Waals surface area contributed by atoms with Crippen LogP contribution in [-0.4, -0.2) is 17.0 Å². The van der Waals surface area contributed by atoms with Crippen LogP contribution in [0.2, 0.25) is 0 Å². The lowest BCUT2D eigenvalue weighted by molar-refractivity contribution is -0.115. The van der Waals surface area contributed by atoms with E-state index in [1.807, 2.05) is 33.8 Å². The molecular weight excluding hydrogens is 166 g/mol.